The van der Waals surface area contributed by atoms with E-state index in [2.05, 4.69) is 10.1 Å². The molecule has 1 aliphatic rings. The van der Waals surface area contributed by atoms with Gasteiger partial charge in [-0.1, -0.05) is 25.4 Å². The van der Waals surface area contributed by atoms with Crippen LogP contribution in [-0.4, -0.2) is 33.6 Å². The van der Waals surface area contributed by atoms with Crippen molar-refractivity contribution in [1.29, 1.82) is 0 Å². The van der Waals surface area contributed by atoms with E-state index in [0.717, 1.165) is 11.4 Å². The first-order valence-corrected chi connectivity index (χ1v) is 7.40. The van der Waals surface area contributed by atoms with Gasteiger partial charge in [-0.2, -0.15) is 5.10 Å². The molecule has 21 heavy (non-hydrogen) atoms. The van der Waals surface area contributed by atoms with Crippen molar-refractivity contribution < 1.29 is 8.78 Å². The fraction of sp³-hybridized carbons (Fsp3) is 0.571. The summed E-state index contributed by atoms with van der Waals surface area (Å²) in [6, 6.07) is 1.60. The molecule has 0 radical (unpaired) electrons. The van der Waals surface area contributed by atoms with Crippen molar-refractivity contribution in [3.8, 4) is 0 Å². The van der Waals surface area contributed by atoms with Crippen LogP contribution < -0.4 is 4.90 Å². The molecule has 2 aromatic rings. The van der Waals surface area contributed by atoms with Crippen LogP contribution in [0, 0.1) is 13.8 Å². The molecule has 0 aromatic carbocycles. The highest BCUT2D eigenvalue weighted by Crippen LogP contribution is 2.34. The number of rotatable bonds is 1. The van der Waals surface area contributed by atoms with Crippen LogP contribution in [0.2, 0.25) is 5.15 Å². The van der Waals surface area contributed by atoms with Crippen LogP contribution in [0.4, 0.5) is 14.5 Å². The Bertz CT molecular complexity index is 654. The Balaban J connectivity index is 0.000000774. The summed E-state index contributed by atoms with van der Waals surface area (Å²) in [6.45, 7) is 7.74. The lowest BCUT2D eigenvalue weighted by molar-refractivity contribution is 0.0257. The maximum Gasteiger partial charge on any atom is 0.266 e. The predicted octanol–water partition coefficient (Wildman–Crippen LogP) is 3.87. The number of imidazole rings is 1. The molecule has 4 nitrogen and oxygen atoms in total. The van der Waals surface area contributed by atoms with E-state index in [1.807, 2.05) is 27.7 Å². The van der Waals surface area contributed by atoms with Crippen LogP contribution in [0.5, 0.6) is 0 Å². The van der Waals surface area contributed by atoms with Gasteiger partial charge in [0, 0.05) is 19.0 Å². The minimum absolute atomic E-state index is 0.141. The molecule has 116 valence electrons. The number of hydrogen-bond acceptors (Lipinski definition) is 3. The molecule has 0 amide bonds. The van der Waals surface area contributed by atoms with Crippen LogP contribution >= 0.6 is 11.6 Å². The van der Waals surface area contributed by atoms with Crippen LogP contribution in [0.15, 0.2) is 6.07 Å². The summed E-state index contributed by atoms with van der Waals surface area (Å²) < 4.78 is 28.3. The number of anilines is 1. The first kappa shape index (κ1) is 15.9. The number of halogens is 3. The van der Waals surface area contributed by atoms with Crippen LogP contribution in [-0.2, 0) is 0 Å². The Morgan fingerprint density at radius 2 is 1.95 bits per heavy atom. The molecule has 0 N–H and O–H groups in total. The Kier molecular flexibility index (Phi) is 4.37. The Morgan fingerprint density at radius 3 is 2.52 bits per heavy atom. The van der Waals surface area contributed by atoms with E-state index in [-0.39, 0.29) is 18.1 Å². The Hall–Kier alpha value is -1.43. The fourth-order valence-corrected chi connectivity index (χ4v) is 2.54. The molecule has 1 fully saturated rings. The third kappa shape index (κ3) is 2.95. The maximum atomic E-state index is 13.3. The summed E-state index contributed by atoms with van der Waals surface area (Å²) in [5.74, 6) is -2.65. The molecular formula is C14H19ClF2N4. The molecule has 3 rings (SSSR count). The zero-order valence-electron chi connectivity index (χ0n) is 12.6. The van der Waals surface area contributed by atoms with E-state index in [0.29, 0.717) is 17.9 Å². The van der Waals surface area contributed by atoms with Gasteiger partial charge in [0.05, 0.1) is 23.6 Å². The first-order chi connectivity index (χ1) is 9.87. The van der Waals surface area contributed by atoms with Gasteiger partial charge in [0.1, 0.15) is 0 Å². The van der Waals surface area contributed by atoms with E-state index >= 15 is 0 Å². The van der Waals surface area contributed by atoms with Crippen LogP contribution in [0.1, 0.15) is 31.7 Å². The SMILES string of the molecule is CC.Cc1nc2c(N3CCC(F)(F)C3)cc(Cl)nn2c1C. The fourth-order valence-electron chi connectivity index (χ4n) is 2.36. The molecule has 0 bridgehead atoms. The minimum Gasteiger partial charge on any atom is -0.362 e. The summed E-state index contributed by atoms with van der Waals surface area (Å²) in [7, 11) is 0. The zero-order chi connectivity index (χ0) is 15.8. The number of alkyl halides is 2. The lowest BCUT2D eigenvalue weighted by atomic mass is 10.3. The van der Waals surface area contributed by atoms with Gasteiger partial charge in [0.15, 0.2) is 10.8 Å². The third-order valence-corrected chi connectivity index (χ3v) is 3.69. The van der Waals surface area contributed by atoms with E-state index in [9.17, 15) is 8.78 Å². The lowest BCUT2D eigenvalue weighted by Crippen LogP contribution is -2.25. The van der Waals surface area contributed by atoms with E-state index in [1.165, 1.54) is 0 Å². The van der Waals surface area contributed by atoms with Crippen molar-refractivity contribution in [3.63, 3.8) is 0 Å². The molecule has 0 spiro atoms. The maximum absolute atomic E-state index is 13.3. The van der Waals surface area contributed by atoms with Crippen molar-refractivity contribution in [2.24, 2.45) is 0 Å². The minimum atomic E-state index is -2.65. The molecule has 2 aromatic heterocycles. The van der Waals surface area contributed by atoms with Crippen molar-refractivity contribution in [2.45, 2.75) is 40.0 Å². The van der Waals surface area contributed by atoms with Crippen molar-refractivity contribution in [2.75, 3.05) is 18.0 Å². The van der Waals surface area contributed by atoms with Gasteiger partial charge in [-0.3, -0.25) is 0 Å². The standard InChI is InChI=1S/C12H13ClF2N4.C2H6/c1-7-8(2)19-11(16-7)9(5-10(13)17-19)18-4-3-12(14,15)6-18;1-2/h5H,3-4,6H2,1-2H3;1-2H3. The van der Waals surface area contributed by atoms with Gasteiger partial charge in [-0.25, -0.2) is 18.3 Å². The average molecular weight is 317 g/mol. The first-order valence-electron chi connectivity index (χ1n) is 7.03. The van der Waals surface area contributed by atoms with E-state index < -0.39 is 5.92 Å². The highest BCUT2D eigenvalue weighted by Gasteiger charge is 2.39. The summed E-state index contributed by atoms with van der Waals surface area (Å²) in [5.41, 5.74) is 2.89. The summed E-state index contributed by atoms with van der Waals surface area (Å²) in [5, 5.41) is 4.45. The van der Waals surface area contributed by atoms with Crippen molar-refractivity contribution in [1.82, 2.24) is 14.6 Å². The van der Waals surface area contributed by atoms with Gasteiger partial charge >= 0.3 is 0 Å². The summed E-state index contributed by atoms with van der Waals surface area (Å²) >= 11 is 5.98. The third-order valence-electron chi connectivity index (χ3n) is 3.51. The number of hydrogen-bond donors (Lipinski definition) is 0. The molecule has 0 saturated carbocycles. The largest absolute Gasteiger partial charge is 0.362 e. The molecule has 1 aliphatic heterocycles. The van der Waals surface area contributed by atoms with Gasteiger partial charge in [0.25, 0.3) is 5.92 Å². The monoisotopic (exact) mass is 316 g/mol. The van der Waals surface area contributed by atoms with Crippen molar-refractivity contribution >= 4 is 22.9 Å². The van der Waals surface area contributed by atoms with Crippen LogP contribution in [0.3, 0.4) is 0 Å². The molecule has 1 saturated heterocycles. The molecule has 3 heterocycles. The normalized spacial score (nSPS) is 17.0. The second-order valence-corrected chi connectivity index (χ2v) is 5.29. The molecule has 0 aliphatic carbocycles. The topological polar surface area (TPSA) is 33.4 Å². The van der Waals surface area contributed by atoms with Crippen molar-refractivity contribution in [3.05, 3.63) is 22.6 Å². The second-order valence-electron chi connectivity index (χ2n) is 4.90. The van der Waals surface area contributed by atoms with Gasteiger partial charge < -0.3 is 4.90 Å². The molecule has 0 unspecified atom stereocenters. The number of aryl methyl sites for hydroxylation is 2. The van der Waals surface area contributed by atoms with Gasteiger partial charge in [-0.05, 0) is 13.8 Å². The smallest absolute Gasteiger partial charge is 0.266 e. The Morgan fingerprint density at radius 1 is 1.29 bits per heavy atom. The Labute approximate surface area is 127 Å². The number of aromatic nitrogens is 3. The number of fused-ring (bicyclic) bond motifs is 1. The molecular weight excluding hydrogens is 298 g/mol. The quantitative estimate of drug-likeness (QED) is 0.800. The highest BCUT2D eigenvalue weighted by atomic mass is 35.5. The lowest BCUT2D eigenvalue weighted by Gasteiger charge is -2.18. The van der Waals surface area contributed by atoms with Gasteiger partial charge in [0.2, 0.25) is 0 Å². The van der Waals surface area contributed by atoms with E-state index in [4.69, 9.17) is 11.6 Å². The van der Waals surface area contributed by atoms with E-state index in [1.54, 1.807) is 15.5 Å². The van der Waals surface area contributed by atoms with Crippen LogP contribution in [0.25, 0.3) is 5.65 Å². The number of nitrogens with zero attached hydrogens (tertiary/aromatic N) is 4. The molecule has 7 heteroatoms. The zero-order valence-corrected chi connectivity index (χ0v) is 13.4. The predicted molar refractivity (Wildman–Crippen MR) is 80.6 cm³/mol. The second kappa shape index (κ2) is 5.75. The molecule has 0 atom stereocenters. The summed E-state index contributed by atoms with van der Waals surface area (Å²) in [6.07, 6.45) is -0.141. The summed E-state index contributed by atoms with van der Waals surface area (Å²) in [4.78, 5) is 6.02. The average Bonchev–Trinajstić information content (AvgIpc) is 2.93. The highest BCUT2D eigenvalue weighted by molar-refractivity contribution is 6.29. The van der Waals surface area contributed by atoms with Gasteiger partial charge in [-0.15, -0.1) is 0 Å².